The van der Waals surface area contributed by atoms with Gasteiger partial charge in [0.05, 0.1) is 7.11 Å². The lowest BCUT2D eigenvalue weighted by atomic mass is 9.93. The highest BCUT2D eigenvalue weighted by Crippen LogP contribution is 2.26. The second-order valence-electron chi connectivity index (χ2n) is 5.30. The number of rotatable bonds is 2. The number of methoxy groups -OCH3 is 1. The van der Waals surface area contributed by atoms with Crippen molar-refractivity contribution in [3.63, 3.8) is 0 Å². The number of hydrogen-bond acceptors (Lipinski definition) is 2. The molecule has 0 heterocycles. The Morgan fingerprint density at radius 2 is 1.50 bits per heavy atom. The van der Waals surface area contributed by atoms with Crippen LogP contribution in [-0.2, 0) is 25.7 Å². The second-order valence-corrected chi connectivity index (χ2v) is 5.30. The van der Waals surface area contributed by atoms with Crippen LogP contribution in [0.4, 0.5) is 0 Å². The van der Waals surface area contributed by atoms with Crippen molar-refractivity contribution in [2.75, 3.05) is 7.11 Å². The zero-order chi connectivity index (χ0) is 13.9. The minimum absolute atomic E-state index is 0.802. The van der Waals surface area contributed by atoms with Gasteiger partial charge in [-0.25, -0.2) is 0 Å². The van der Waals surface area contributed by atoms with Crippen LogP contribution in [0.3, 0.4) is 0 Å². The lowest BCUT2D eigenvalue weighted by Gasteiger charge is -2.15. The normalized spacial score (nSPS) is 13.7. The van der Waals surface area contributed by atoms with Gasteiger partial charge >= 0.3 is 0 Å². The Hall–Kier alpha value is -2.09. The van der Waals surface area contributed by atoms with Crippen LogP contribution in [0.2, 0.25) is 0 Å². The Morgan fingerprint density at radius 3 is 2.05 bits per heavy atom. The lowest BCUT2D eigenvalue weighted by molar-refractivity contribution is 0.112. The van der Waals surface area contributed by atoms with E-state index in [2.05, 4.69) is 24.3 Å². The molecule has 0 unspecified atom stereocenters. The van der Waals surface area contributed by atoms with Gasteiger partial charge in [0.2, 0.25) is 0 Å². The molecular weight excluding hydrogens is 248 g/mol. The van der Waals surface area contributed by atoms with Gasteiger partial charge in [-0.05, 0) is 60.1 Å². The highest BCUT2D eigenvalue weighted by atomic mass is 16.5. The first-order valence-corrected chi connectivity index (χ1v) is 7.03. The number of hydrogen-bond donors (Lipinski definition) is 0. The average Bonchev–Trinajstić information content (AvgIpc) is 2.49. The third kappa shape index (κ3) is 2.46. The van der Waals surface area contributed by atoms with Crippen molar-refractivity contribution in [1.29, 1.82) is 0 Å². The van der Waals surface area contributed by atoms with Gasteiger partial charge in [0, 0.05) is 5.56 Å². The molecule has 4 aliphatic rings. The topological polar surface area (TPSA) is 26.3 Å². The average molecular weight is 266 g/mol. The van der Waals surface area contributed by atoms with Crippen molar-refractivity contribution in [3.05, 3.63) is 64.2 Å². The summed E-state index contributed by atoms with van der Waals surface area (Å²) in [7, 11) is 1.70. The number of benzene rings is 2. The van der Waals surface area contributed by atoms with Crippen molar-refractivity contribution in [2.24, 2.45) is 0 Å². The molecule has 2 aromatic rings. The minimum atomic E-state index is 0.802. The molecular formula is C18H18O2. The molecule has 0 aliphatic heterocycles. The Morgan fingerprint density at radius 1 is 0.900 bits per heavy atom. The fourth-order valence-electron chi connectivity index (χ4n) is 2.83. The van der Waals surface area contributed by atoms with Crippen LogP contribution in [0.25, 0.3) is 0 Å². The Kier molecular flexibility index (Phi) is 3.55. The molecule has 2 aromatic carbocycles. The molecule has 0 saturated carbocycles. The highest BCUT2D eigenvalue weighted by molar-refractivity contribution is 5.78. The maximum atomic E-state index is 11.3. The number of carbonyl (C=O) groups is 1. The van der Waals surface area contributed by atoms with Gasteiger partial charge in [0.1, 0.15) is 12.0 Å². The molecule has 0 radical (unpaired) electrons. The zero-order valence-corrected chi connectivity index (χ0v) is 11.7. The van der Waals surface area contributed by atoms with Crippen molar-refractivity contribution in [2.45, 2.75) is 25.7 Å². The predicted molar refractivity (Wildman–Crippen MR) is 79.6 cm³/mol. The molecule has 0 spiro atoms. The number of aldehydes is 1. The molecule has 0 fully saturated rings. The summed E-state index contributed by atoms with van der Waals surface area (Å²) in [5, 5.41) is 0. The quantitative estimate of drug-likeness (QED) is 0.779. The van der Waals surface area contributed by atoms with Gasteiger partial charge in [-0.1, -0.05) is 24.3 Å². The SMILES string of the molecule is COc1cc2c(C=O)cc1CCc1ccc(cc1)CC2. The second kappa shape index (κ2) is 5.49. The van der Waals surface area contributed by atoms with E-state index in [4.69, 9.17) is 4.74 Å². The van der Waals surface area contributed by atoms with Gasteiger partial charge in [-0.15, -0.1) is 0 Å². The zero-order valence-electron chi connectivity index (χ0n) is 11.7. The molecule has 4 bridgehead atoms. The van der Waals surface area contributed by atoms with E-state index in [0.717, 1.165) is 54.4 Å². The van der Waals surface area contributed by atoms with Crippen molar-refractivity contribution < 1.29 is 9.53 Å². The van der Waals surface area contributed by atoms with E-state index in [-0.39, 0.29) is 0 Å². The first-order chi connectivity index (χ1) is 9.80. The predicted octanol–water partition coefficient (Wildman–Crippen LogP) is 3.39. The van der Waals surface area contributed by atoms with E-state index in [1.54, 1.807) is 7.11 Å². The first kappa shape index (κ1) is 12.9. The molecule has 0 amide bonds. The summed E-state index contributed by atoms with van der Waals surface area (Å²) >= 11 is 0. The summed E-state index contributed by atoms with van der Waals surface area (Å²) in [6.07, 6.45) is 4.64. The molecule has 2 heteroatoms. The van der Waals surface area contributed by atoms with Crippen LogP contribution in [0.5, 0.6) is 5.75 Å². The van der Waals surface area contributed by atoms with E-state index in [9.17, 15) is 4.79 Å². The number of aryl methyl sites for hydroxylation is 4. The molecule has 2 nitrogen and oxygen atoms in total. The minimum Gasteiger partial charge on any atom is -0.496 e. The Balaban J connectivity index is 2.08. The summed E-state index contributed by atoms with van der Waals surface area (Å²) in [6.45, 7) is 0. The standard InChI is InChI=1S/C18H18O2/c1-20-18-11-15-8-6-13-2-4-14(5-3-13)7-9-16(18)10-17(15)12-19/h2-5,10-12H,6-9H2,1H3. The highest BCUT2D eigenvalue weighted by Gasteiger charge is 2.12. The molecule has 102 valence electrons. The fraction of sp³-hybridized carbons (Fsp3) is 0.278. The maximum absolute atomic E-state index is 11.3. The Bertz CT molecular complexity index is 627. The van der Waals surface area contributed by atoms with Gasteiger partial charge < -0.3 is 4.74 Å². The smallest absolute Gasteiger partial charge is 0.150 e. The Labute approximate surface area is 119 Å². The van der Waals surface area contributed by atoms with E-state index < -0.39 is 0 Å². The van der Waals surface area contributed by atoms with Gasteiger partial charge in [0.15, 0.2) is 0 Å². The third-order valence-corrected chi connectivity index (χ3v) is 4.06. The molecule has 4 aliphatic carbocycles. The van der Waals surface area contributed by atoms with Crippen LogP contribution in [0.1, 0.15) is 32.6 Å². The monoisotopic (exact) mass is 266 g/mol. The van der Waals surface area contributed by atoms with Crippen LogP contribution < -0.4 is 4.74 Å². The summed E-state index contributed by atoms with van der Waals surface area (Å²) < 4.78 is 5.49. The van der Waals surface area contributed by atoms with E-state index in [0.29, 0.717) is 0 Å². The molecule has 6 rings (SSSR count). The van der Waals surface area contributed by atoms with E-state index >= 15 is 0 Å². The van der Waals surface area contributed by atoms with Crippen molar-refractivity contribution in [3.8, 4) is 5.75 Å². The first-order valence-electron chi connectivity index (χ1n) is 7.03. The maximum Gasteiger partial charge on any atom is 0.150 e. The number of ether oxygens (including phenoxy) is 1. The van der Waals surface area contributed by atoms with Crippen LogP contribution in [0.15, 0.2) is 36.4 Å². The van der Waals surface area contributed by atoms with Gasteiger partial charge in [-0.2, -0.15) is 0 Å². The molecule has 0 saturated heterocycles. The molecule has 0 aromatic heterocycles. The van der Waals surface area contributed by atoms with Crippen LogP contribution >= 0.6 is 0 Å². The molecule has 0 N–H and O–H groups in total. The summed E-state index contributed by atoms with van der Waals surface area (Å²) in [5.41, 5.74) is 5.63. The van der Waals surface area contributed by atoms with Gasteiger partial charge in [0.25, 0.3) is 0 Å². The number of carbonyl (C=O) groups excluding carboxylic acids is 1. The van der Waals surface area contributed by atoms with Crippen LogP contribution in [-0.4, -0.2) is 13.4 Å². The van der Waals surface area contributed by atoms with E-state index in [1.807, 2.05) is 12.1 Å². The fourth-order valence-corrected chi connectivity index (χ4v) is 2.83. The van der Waals surface area contributed by atoms with E-state index in [1.165, 1.54) is 11.1 Å². The van der Waals surface area contributed by atoms with Crippen LogP contribution in [0, 0.1) is 0 Å². The summed E-state index contributed by atoms with van der Waals surface area (Å²) in [5.74, 6) is 0.903. The van der Waals surface area contributed by atoms with Crippen molar-refractivity contribution in [1.82, 2.24) is 0 Å². The summed E-state index contributed by atoms with van der Waals surface area (Å²) in [6, 6.07) is 12.8. The van der Waals surface area contributed by atoms with Crippen molar-refractivity contribution >= 4 is 6.29 Å². The third-order valence-electron chi connectivity index (χ3n) is 4.06. The molecule has 20 heavy (non-hydrogen) atoms. The molecule has 0 atom stereocenters. The lowest BCUT2D eigenvalue weighted by Crippen LogP contribution is -2.04. The largest absolute Gasteiger partial charge is 0.496 e. The summed E-state index contributed by atoms with van der Waals surface area (Å²) in [4.78, 5) is 11.3. The van der Waals surface area contributed by atoms with Gasteiger partial charge in [-0.3, -0.25) is 4.79 Å².